The van der Waals surface area contributed by atoms with Crippen molar-refractivity contribution in [3.05, 3.63) is 34.1 Å². The largest absolute Gasteiger partial charge is 0.480 e. The van der Waals surface area contributed by atoms with Crippen molar-refractivity contribution in [2.45, 2.75) is 24.3 Å². The Morgan fingerprint density at radius 2 is 2.10 bits per heavy atom. The summed E-state index contributed by atoms with van der Waals surface area (Å²) >= 11 is 0. The van der Waals surface area contributed by atoms with E-state index < -0.39 is 43.4 Å². The van der Waals surface area contributed by atoms with Crippen LogP contribution in [0.25, 0.3) is 0 Å². The molecule has 0 aliphatic rings. The Labute approximate surface area is 120 Å². The standard InChI is InChI=1S/C11H13FN2O6S/c1-3-9(11(15)16)13(2)21(19,20)10-5-4-7(14(17)18)6-8(10)12/h4-6,9H,3H2,1-2H3,(H,15,16). The summed E-state index contributed by atoms with van der Waals surface area (Å²) in [5.74, 6) is -2.68. The van der Waals surface area contributed by atoms with Gasteiger partial charge in [0.1, 0.15) is 16.8 Å². The smallest absolute Gasteiger partial charge is 0.321 e. The Kier molecular flexibility index (Phi) is 4.97. The zero-order valence-electron chi connectivity index (χ0n) is 11.2. The fourth-order valence-corrected chi connectivity index (χ4v) is 3.15. The number of nitro groups is 1. The van der Waals surface area contributed by atoms with Crippen LogP contribution >= 0.6 is 0 Å². The first-order valence-electron chi connectivity index (χ1n) is 5.77. The molecule has 116 valence electrons. The second kappa shape index (κ2) is 6.14. The lowest BCUT2D eigenvalue weighted by Gasteiger charge is -2.23. The highest BCUT2D eigenvalue weighted by molar-refractivity contribution is 7.89. The molecule has 0 heterocycles. The number of carboxylic acids is 1. The highest BCUT2D eigenvalue weighted by Gasteiger charge is 2.33. The van der Waals surface area contributed by atoms with E-state index in [1.165, 1.54) is 6.92 Å². The van der Waals surface area contributed by atoms with E-state index in [2.05, 4.69) is 0 Å². The summed E-state index contributed by atoms with van der Waals surface area (Å²) in [6.07, 6.45) is -0.0142. The van der Waals surface area contributed by atoms with Gasteiger partial charge >= 0.3 is 5.97 Å². The normalized spacial score (nSPS) is 13.1. The molecule has 0 saturated heterocycles. The summed E-state index contributed by atoms with van der Waals surface area (Å²) < 4.78 is 38.7. The number of hydrogen-bond donors (Lipinski definition) is 1. The van der Waals surface area contributed by atoms with E-state index in [0.29, 0.717) is 10.4 Å². The lowest BCUT2D eigenvalue weighted by molar-refractivity contribution is -0.385. The minimum Gasteiger partial charge on any atom is -0.480 e. The highest BCUT2D eigenvalue weighted by Crippen LogP contribution is 2.24. The van der Waals surface area contributed by atoms with E-state index >= 15 is 0 Å². The number of likely N-dealkylation sites (N-methyl/N-ethyl adjacent to an activating group) is 1. The molecule has 1 aromatic carbocycles. The third kappa shape index (κ3) is 3.34. The summed E-state index contributed by atoms with van der Waals surface area (Å²) in [6.45, 7) is 1.47. The van der Waals surface area contributed by atoms with Crippen LogP contribution in [0.5, 0.6) is 0 Å². The Morgan fingerprint density at radius 3 is 2.48 bits per heavy atom. The van der Waals surface area contributed by atoms with Gasteiger partial charge in [-0.3, -0.25) is 14.9 Å². The highest BCUT2D eigenvalue weighted by atomic mass is 32.2. The molecular formula is C11H13FN2O6S. The van der Waals surface area contributed by atoms with Crippen LogP contribution < -0.4 is 0 Å². The van der Waals surface area contributed by atoms with Gasteiger partial charge in [0.2, 0.25) is 10.0 Å². The lowest BCUT2D eigenvalue weighted by atomic mass is 10.2. The number of carbonyl (C=O) groups is 1. The molecule has 0 bridgehead atoms. The first kappa shape index (κ1) is 17.0. The zero-order valence-corrected chi connectivity index (χ0v) is 12.0. The van der Waals surface area contributed by atoms with Crippen molar-refractivity contribution in [3.8, 4) is 0 Å². The average Bonchev–Trinajstić information content (AvgIpc) is 2.38. The van der Waals surface area contributed by atoms with Crippen LogP contribution in [0.4, 0.5) is 10.1 Å². The summed E-state index contributed by atoms with van der Waals surface area (Å²) in [5, 5.41) is 19.4. The van der Waals surface area contributed by atoms with Gasteiger partial charge in [-0.05, 0) is 12.5 Å². The molecule has 0 aliphatic heterocycles. The van der Waals surface area contributed by atoms with Crippen LogP contribution in [-0.2, 0) is 14.8 Å². The van der Waals surface area contributed by atoms with Crippen molar-refractivity contribution in [1.29, 1.82) is 0 Å². The number of non-ortho nitro benzene ring substituents is 1. The predicted molar refractivity (Wildman–Crippen MR) is 69.7 cm³/mol. The third-order valence-electron chi connectivity index (χ3n) is 2.89. The number of halogens is 1. The maximum atomic E-state index is 13.8. The van der Waals surface area contributed by atoms with Crippen molar-refractivity contribution in [3.63, 3.8) is 0 Å². The number of carboxylic acid groups (broad SMARTS) is 1. The molecule has 1 rings (SSSR count). The van der Waals surface area contributed by atoms with Crippen LogP contribution in [0.1, 0.15) is 13.3 Å². The molecule has 0 radical (unpaired) electrons. The molecule has 0 amide bonds. The number of sulfonamides is 1. The lowest BCUT2D eigenvalue weighted by Crippen LogP contribution is -2.42. The van der Waals surface area contributed by atoms with Crippen LogP contribution in [0.3, 0.4) is 0 Å². The Hall–Kier alpha value is -2.07. The number of hydrogen-bond acceptors (Lipinski definition) is 5. The number of nitrogens with zero attached hydrogens (tertiary/aromatic N) is 2. The van der Waals surface area contributed by atoms with Crippen LogP contribution in [0.2, 0.25) is 0 Å². The van der Waals surface area contributed by atoms with Gasteiger partial charge in [0, 0.05) is 13.1 Å². The quantitative estimate of drug-likeness (QED) is 0.622. The number of benzene rings is 1. The van der Waals surface area contributed by atoms with E-state index in [0.717, 1.165) is 19.2 Å². The molecule has 1 aromatic rings. The van der Waals surface area contributed by atoms with Gasteiger partial charge in [-0.2, -0.15) is 4.31 Å². The van der Waals surface area contributed by atoms with Crippen LogP contribution in [0, 0.1) is 15.9 Å². The maximum Gasteiger partial charge on any atom is 0.321 e. The molecule has 0 aromatic heterocycles. The second-order valence-electron chi connectivity index (χ2n) is 4.16. The molecule has 1 N–H and O–H groups in total. The van der Waals surface area contributed by atoms with E-state index in [1.54, 1.807) is 0 Å². The molecule has 0 aliphatic carbocycles. The average molecular weight is 320 g/mol. The van der Waals surface area contributed by atoms with Crippen molar-refractivity contribution < 1.29 is 27.6 Å². The fraction of sp³-hybridized carbons (Fsp3) is 0.364. The van der Waals surface area contributed by atoms with Gasteiger partial charge in [-0.25, -0.2) is 12.8 Å². The summed E-state index contributed by atoms with van der Waals surface area (Å²) in [6, 6.07) is 0.701. The van der Waals surface area contributed by atoms with Crippen molar-refractivity contribution in [2.24, 2.45) is 0 Å². The molecule has 1 unspecified atom stereocenters. The van der Waals surface area contributed by atoms with E-state index in [-0.39, 0.29) is 6.42 Å². The minimum atomic E-state index is -4.41. The van der Waals surface area contributed by atoms with E-state index in [1.807, 2.05) is 0 Å². The second-order valence-corrected chi connectivity index (χ2v) is 6.12. The Bertz CT molecular complexity index is 675. The Balaban J connectivity index is 3.31. The minimum absolute atomic E-state index is 0.0142. The van der Waals surface area contributed by atoms with Gasteiger partial charge in [-0.15, -0.1) is 0 Å². The molecule has 0 fully saturated rings. The van der Waals surface area contributed by atoms with Gasteiger partial charge in [0.15, 0.2) is 0 Å². The molecule has 21 heavy (non-hydrogen) atoms. The van der Waals surface area contributed by atoms with Crippen molar-refractivity contribution in [1.82, 2.24) is 4.31 Å². The predicted octanol–water partition coefficient (Wildman–Crippen LogP) is 1.22. The first-order chi connectivity index (χ1) is 9.62. The molecule has 0 spiro atoms. The molecule has 10 heteroatoms. The monoisotopic (exact) mass is 320 g/mol. The first-order valence-corrected chi connectivity index (χ1v) is 7.21. The summed E-state index contributed by atoms with van der Waals surface area (Å²) in [7, 11) is -3.40. The van der Waals surface area contributed by atoms with Crippen LogP contribution in [-0.4, -0.2) is 41.8 Å². The topological polar surface area (TPSA) is 118 Å². The van der Waals surface area contributed by atoms with Gasteiger partial charge < -0.3 is 5.11 Å². The summed E-state index contributed by atoms with van der Waals surface area (Å²) in [5.41, 5.74) is -0.598. The van der Waals surface area contributed by atoms with Crippen molar-refractivity contribution in [2.75, 3.05) is 7.05 Å². The molecular weight excluding hydrogens is 307 g/mol. The third-order valence-corrected chi connectivity index (χ3v) is 4.79. The van der Waals surface area contributed by atoms with Gasteiger partial charge in [0.05, 0.1) is 11.0 Å². The number of nitro benzene ring substituents is 1. The maximum absolute atomic E-state index is 13.8. The number of rotatable bonds is 6. The Morgan fingerprint density at radius 1 is 1.52 bits per heavy atom. The van der Waals surface area contributed by atoms with Crippen LogP contribution in [0.15, 0.2) is 23.1 Å². The molecule has 8 nitrogen and oxygen atoms in total. The van der Waals surface area contributed by atoms with Crippen molar-refractivity contribution >= 4 is 21.7 Å². The fourth-order valence-electron chi connectivity index (χ4n) is 1.72. The SMILES string of the molecule is CCC(C(=O)O)N(C)S(=O)(=O)c1ccc([N+](=O)[O-])cc1F. The van der Waals surface area contributed by atoms with E-state index in [9.17, 15) is 27.7 Å². The zero-order chi connectivity index (χ0) is 16.4. The molecule has 1 atom stereocenters. The molecule has 0 saturated carbocycles. The van der Waals surface area contributed by atoms with Gasteiger partial charge in [-0.1, -0.05) is 6.92 Å². The van der Waals surface area contributed by atoms with Gasteiger partial charge in [0.25, 0.3) is 5.69 Å². The summed E-state index contributed by atoms with van der Waals surface area (Å²) in [4.78, 5) is 19.8. The number of aliphatic carboxylic acids is 1. The van der Waals surface area contributed by atoms with E-state index in [4.69, 9.17) is 5.11 Å².